The van der Waals surface area contributed by atoms with Gasteiger partial charge in [0.05, 0.1) is 21.7 Å². The first kappa shape index (κ1) is 23.3. The molecule has 2 atom stereocenters. The zero-order valence-corrected chi connectivity index (χ0v) is 19.0. The van der Waals surface area contributed by atoms with Crippen LogP contribution >= 0.6 is 11.6 Å². The Morgan fingerprint density at radius 3 is 2.42 bits per heavy atom. The van der Waals surface area contributed by atoms with Crippen LogP contribution in [0.5, 0.6) is 0 Å². The molecular weight excluding hydrogens is 450 g/mol. The quantitative estimate of drug-likeness (QED) is 0.700. The van der Waals surface area contributed by atoms with Gasteiger partial charge in [-0.25, -0.2) is 22.2 Å². The first-order chi connectivity index (χ1) is 14.1. The van der Waals surface area contributed by atoms with Crippen molar-refractivity contribution in [3.05, 3.63) is 52.5 Å². The topological polar surface area (TPSA) is 115 Å². The first-order valence-corrected chi connectivity index (χ1v) is 11.4. The standard InChI is InChI=1S/C20H23ClF2N4O3S/c1-18(2)17(24)27-20(4,10-31(18,29)30)19(3)8-12(7-13(22)15(19)23)26-16(28)14-6-5-11(21)9-25-14/h5-7,9H,8,10H2,1-4H3,(H2,24,27)(H,26,28)/t19?,20-/m0/s1. The average molecular weight is 473 g/mol. The lowest BCUT2D eigenvalue weighted by Gasteiger charge is -2.48. The van der Waals surface area contributed by atoms with Crippen molar-refractivity contribution in [3.63, 3.8) is 0 Å². The molecule has 0 saturated heterocycles. The fraction of sp³-hybridized carbons (Fsp3) is 0.450. The Kier molecular flexibility index (Phi) is 5.55. The molecular formula is C20H23ClF2N4O3S. The van der Waals surface area contributed by atoms with Crippen molar-refractivity contribution in [1.29, 1.82) is 0 Å². The van der Waals surface area contributed by atoms with Gasteiger partial charge in [0.25, 0.3) is 5.91 Å². The summed E-state index contributed by atoms with van der Waals surface area (Å²) in [5.41, 5.74) is 2.72. The second kappa shape index (κ2) is 7.37. The molecule has 1 aliphatic heterocycles. The van der Waals surface area contributed by atoms with Crippen LogP contribution in [0, 0.1) is 5.41 Å². The normalized spacial score (nSPS) is 29.8. The highest BCUT2D eigenvalue weighted by atomic mass is 35.5. The molecule has 3 rings (SSSR count). The van der Waals surface area contributed by atoms with Gasteiger partial charge >= 0.3 is 0 Å². The fourth-order valence-corrected chi connectivity index (χ4v) is 5.60. The third-order valence-electron chi connectivity index (χ3n) is 6.19. The molecule has 0 bridgehead atoms. The minimum atomic E-state index is -3.83. The van der Waals surface area contributed by atoms with Gasteiger partial charge < -0.3 is 11.1 Å². The van der Waals surface area contributed by atoms with Crippen molar-refractivity contribution in [2.24, 2.45) is 16.1 Å². The Morgan fingerprint density at radius 2 is 1.87 bits per heavy atom. The molecule has 0 saturated carbocycles. The molecule has 1 aromatic heterocycles. The van der Waals surface area contributed by atoms with E-state index in [0.717, 1.165) is 6.08 Å². The average Bonchev–Trinajstić information content (AvgIpc) is 2.64. The zero-order chi connectivity index (χ0) is 23.4. The molecule has 2 aliphatic rings. The van der Waals surface area contributed by atoms with E-state index in [4.69, 9.17) is 17.3 Å². The number of rotatable bonds is 3. The summed E-state index contributed by atoms with van der Waals surface area (Å²) in [5.74, 6) is -3.73. The fourth-order valence-electron chi connectivity index (χ4n) is 3.64. The van der Waals surface area contributed by atoms with Crippen molar-refractivity contribution >= 4 is 33.2 Å². The smallest absolute Gasteiger partial charge is 0.274 e. The Hall–Kier alpha value is -2.33. The largest absolute Gasteiger partial charge is 0.386 e. The molecule has 0 aromatic carbocycles. The molecule has 7 nitrogen and oxygen atoms in total. The van der Waals surface area contributed by atoms with E-state index >= 15 is 4.39 Å². The van der Waals surface area contributed by atoms with Crippen LogP contribution in [0.2, 0.25) is 5.02 Å². The summed E-state index contributed by atoms with van der Waals surface area (Å²) in [4.78, 5) is 20.7. The van der Waals surface area contributed by atoms with E-state index in [0.29, 0.717) is 5.02 Å². The van der Waals surface area contributed by atoms with E-state index in [-0.39, 0.29) is 23.6 Å². The van der Waals surface area contributed by atoms with Gasteiger partial charge in [0, 0.05) is 18.3 Å². The molecule has 31 heavy (non-hydrogen) atoms. The highest BCUT2D eigenvalue weighted by Gasteiger charge is 2.58. The number of hydrogen-bond acceptors (Lipinski definition) is 6. The van der Waals surface area contributed by atoms with Gasteiger partial charge in [0.2, 0.25) is 0 Å². The third kappa shape index (κ3) is 3.76. The number of hydrogen-bond donors (Lipinski definition) is 2. The van der Waals surface area contributed by atoms with Crippen molar-refractivity contribution < 1.29 is 22.0 Å². The number of nitrogens with zero attached hydrogens (tertiary/aromatic N) is 2. The Bertz CT molecular complexity index is 1150. The number of carbonyl (C=O) groups is 1. The highest BCUT2D eigenvalue weighted by molar-refractivity contribution is 7.93. The van der Waals surface area contributed by atoms with E-state index in [9.17, 15) is 17.6 Å². The van der Waals surface area contributed by atoms with Crippen LogP contribution in [-0.2, 0) is 9.84 Å². The van der Waals surface area contributed by atoms with Crippen LogP contribution in [-0.4, -0.2) is 41.2 Å². The summed E-state index contributed by atoms with van der Waals surface area (Å²) in [7, 11) is -3.83. The van der Waals surface area contributed by atoms with Crippen molar-refractivity contribution in [1.82, 2.24) is 10.3 Å². The number of sulfone groups is 1. The first-order valence-electron chi connectivity index (χ1n) is 9.40. The number of amidine groups is 1. The number of halogens is 3. The van der Waals surface area contributed by atoms with Gasteiger partial charge in [-0.1, -0.05) is 18.5 Å². The highest BCUT2D eigenvalue weighted by Crippen LogP contribution is 2.52. The summed E-state index contributed by atoms with van der Waals surface area (Å²) in [5, 5.41) is 2.85. The SMILES string of the molecule is CC1([C@]2(C)CS(=O)(=O)C(C)(C)C(N)=N2)CC(NC(=O)c2ccc(Cl)cn2)=CC(F)=C1F. The van der Waals surface area contributed by atoms with Gasteiger partial charge in [0.15, 0.2) is 15.7 Å². The number of carbonyl (C=O) groups excluding carboxylic acids is 1. The minimum Gasteiger partial charge on any atom is -0.386 e. The maximum Gasteiger partial charge on any atom is 0.274 e. The second-order valence-corrected chi connectivity index (χ2v) is 11.7. The minimum absolute atomic E-state index is 0.0258. The van der Waals surface area contributed by atoms with E-state index in [1.54, 1.807) is 0 Å². The number of nitrogens with one attached hydrogen (secondary N) is 1. The van der Waals surface area contributed by atoms with Crippen LogP contribution in [0.15, 0.2) is 46.7 Å². The van der Waals surface area contributed by atoms with Crippen LogP contribution in [0.25, 0.3) is 0 Å². The van der Waals surface area contributed by atoms with Gasteiger partial charge in [-0.3, -0.25) is 9.79 Å². The van der Waals surface area contributed by atoms with Crippen molar-refractivity contribution in [2.45, 2.75) is 44.4 Å². The number of pyridine rings is 1. The van der Waals surface area contributed by atoms with Gasteiger partial charge in [-0.15, -0.1) is 0 Å². The molecule has 3 N–H and O–H groups in total. The summed E-state index contributed by atoms with van der Waals surface area (Å²) in [6.07, 6.45) is 1.93. The predicted octanol–water partition coefficient (Wildman–Crippen LogP) is 3.23. The predicted molar refractivity (Wildman–Crippen MR) is 115 cm³/mol. The van der Waals surface area contributed by atoms with Crippen LogP contribution in [0.3, 0.4) is 0 Å². The number of allylic oxidation sites excluding steroid dienone is 3. The number of nitrogens with two attached hydrogens (primary N) is 1. The molecule has 1 unspecified atom stereocenters. The maximum atomic E-state index is 15.1. The molecule has 1 aromatic rings. The zero-order valence-electron chi connectivity index (χ0n) is 17.5. The lowest BCUT2D eigenvalue weighted by molar-refractivity contribution is 0.0950. The summed E-state index contributed by atoms with van der Waals surface area (Å²) in [6.45, 7) is 5.63. The van der Waals surface area contributed by atoms with Gasteiger partial charge in [-0.2, -0.15) is 0 Å². The summed E-state index contributed by atoms with van der Waals surface area (Å²) < 4.78 is 54.1. The Morgan fingerprint density at radius 1 is 1.23 bits per heavy atom. The number of aromatic nitrogens is 1. The number of amides is 1. The van der Waals surface area contributed by atoms with Gasteiger partial charge in [0.1, 0.15) is 22.1 Å². The maximum absolute atomic E-state index is 15.1. The molecule has 11 heteroatoms. The van der Waals surface area contributed by atoms with Crippen LogP contribution in [0.1, 0.15) is 44.6 Å². The van der Waals surface area contributed by atoms with Crippen molar-refractivity contribution in [3.8, 4) is 0 Å². The molecule has 168 valence electrons. The van der Waals surface area contributed by atoms with Crippen molar-refractivity contribution in [2.75, 3.05) is 5.75 Å². The molecule has 2 heterocycles. The van der Waals surface area contributed by atoms with Crippen LogP contribution in [0.4, 0.5) is 8.78 Å². The molecule has 1 amide bonds. The molecule has 1 aliphatic carbocycles. The third-order valence-corrected chi connectivity index (χ3v) is 9.12. The van der Waals surface area contributed by atoms with E-state index in [2.05, 4.69) is 15.3 Å². The Labute approximate surface area is 184 Å². The molecule has 0 fully saturated rings. The molecule has 0 radical (unpaired) electrons. The van der Waals surface area contributed by atoms with E-state index < -0.39 is 48.9 Å². The summed E-state index contributed by atoms with van der Waals surface area (Å²) in [6, 6.07) is 2.85. The molecule has 0 spiro atoms. The van der Waals surface area contributed by atoms with E-state index in [1.165, 1.54) is 46.0 Å². The lowest BCUT2D eigenvalue weighted by atomic mass is 9.67. The number of aliphatic imine (C=N–C) groups is 1. The summed E-state index contributed by atoms with van der Waals surface area (Å²) >= 11 is 5.76. The lowest BCUT2D eigenvalue weighted by Crippen LogP contribution is -2.61. The van der Waals surface area contributed by atoms with Crippen LogP contribution < -0.4 is 11.1 Å². The van der Waals surface area contributed by atoms with Gasteiger partial charge in [-0.05, 0) is 39.0 Å². The monoisotopic (exact) mass is 472 g/mol. The van der Waals surface area contributed by atoms with E-state index in [1.807, 2.05) is 0 Å². The second-order valence-electron chi connectivity index (χ2n) is 8.70. The Balaban J connectivity index is 1.99.